The predicted molar refractivity (Wildman–Crippen MR) is 96.3 cm³/mol. The normalized spacial score (nSPS) is 12.3. The van der Waals surface area contributed by atoms with E-state index >= 15 is 0 Å². The first-order valence-electron chi connectivity index (χ1n) is 8.35. The number of esters is 2. The Balaban J connectivity index is 5.23. The number of ether oxygens (including phenoxy) is 2. The minimum atomic E-state index is -1.17. The molecule has 0 fully saturated rings. The third-order valence-electron chi connectivity index (χ3n) is 3.22. The number of Topliss-reactive ketones (excluding diaryl/α,β-unsaturated/α-hetero) is 1. The van der Waals surface area contributed by atoms with E-state index in [1.807, 2.05) is 0 Å². The fraction of sp³-hybridized carbons (Fsp3) is 0.706. The summed E-state index contributed by atoms with van der Waals surface area (Å²) >= 11 is 0.574. The number of thioether (sulfide) groups is 1. The monoisotopic (exact) mass is 389 g/mol. The lowest BCUT2D eigenvalue weighted by Crippen LogP contribution is -2.54. The van der Waals surface area contributed by atoms with Gasteiger partial charge in [-0.3, -0.25) is 19.2 Å². The van der Waals surface area contributed by atoms with Gasteiger partial charge in [0.15, 0.2) is 0 Å². The molecule has 1 unspecified atom stereocenters. The van der Waals surface area contributed by atoms with Crippen molar-refractivity contribution in [3.8, 4) is 0 Å². The predicted octanol–water partition coefficient (Wildman–Crippen LogP) is 1.25. The summed E-state index contributed by atoms with van der Waals surface area (Å²) in [6, 6.07) is -1.14. The molecule has 1 amide bonds. The molecule has 148 valence electrons. The zero-order valence-electron chi connectivity index (χ0n) is 16.0. The van der Waals surface area contributed by atoms with Crippen molar-refractivity contribution in [3.63, 3.8) is 0 Å². The van der Waals surface area contributed by atoms with Crippen LogP contribution in [0.1, 0.15) is 48.0 Å². The van der Waals surface area contributed by atoms with Crippen LogP contribution in [0.3, 0.4) is 0 Å². The number of carbonyl (C=O) groups is 5. The summed E-state index contributed by atoms with van der Waals surface area (Å²) in [6.45, 7) is 9.80. The molecule has 9 heteroatoms. The quantitative estimate of drug-likeness (QED) is 0.337. The Morgan fingerprint density at radius 1 is 1.00 bits per heavy atom. The first-order valence-corrected chi connectivity index (χ1v) is 9.16. The summed E-state index contributed by atoms with van der Waals surface area (Å²) in [6.07, 6.45) is -0.668. The second-order valence-corrected chi connectivity index (χ2v) is 7.87. The molecule has 0 saturated carbocycles. The van der Waals surface area contributed by atoms with E-state index in [1.54, 1.807) is 27.7 Å². The van der Waals surface area contributed by atoms with Crippen molar-refractivity contribution in [1.82, 2.24) is 5.32 Å². The molecule has 26 heavy (non-hydrogen) atoms. The SMILES string of the molecule is CCOC(=O)CC(=O)C(=O)SC(C)(C)C(NC(=O)C(C)C)C(=O)OCC. The highest BCUT2D eigenvalue weighted by molar-refractivity contribution is 8.16. The maximum atomic E-state index is 12.2. The topological polar surface area (TPSA) is 116 Å². The first-order chi connectivity index (χ1) is 12.0. The third-order valence-corrected chi connectivity index (χ3v) is 4.40. The fourth-order valence-electron chi connectivity index (χ4n) is 1.82. The van der Waals surface area contributed by atoms with Crippen LogP contribution >= 0.6 is 11.8 Å². The highest BCUT2D eigenvalue weighted by atomic mass is 32.2. The molecule has 0 radical (unpaired) electrons. The number of carbonyl (C=O) groups excluding carboxylic acids is 5. The molecule has 0 aromatic carbocycles. The number of nitrogens with one attached hydrogen (secondary N) is 1. The first kappa shape index (κ1) is 24.1. The molecule has 1 N–H and O–H groups in total. The summed E-state index contributed by atoms with van der Waals surface area (Å²) in [5.41, 5.74) is 0. The van der Waals surface area contributed by atoms with E-state index in [0.717, 1.165) is 0 Å². The van der Waals surface area contributed by atoms with Crippen LogP contribution in [0.5, 0.6) is 0 Å². The number of hydrogen-bond donors (Lipinski definition) is 1. The Kier molecular flexibility index (Phi) is 10.1. The molecule has 0 aromatic heterocycles. The van der Waals surface area contributed by atoms with Crippen molar-refractivity contribution in [2.24, 2.45) is 5.92 Å². The maximum absolute atomic E-state index is 12.2. The number of hydrogen-bond acceptors (Lipinski definition) is 8. The zero-order valence-corrected chi connectivity index (χ0v) is 16.9. The molecule has 0 aromatic rings. The molecule has 1 atom stereocenters. The second kappa shape index (κ2) is 10.9. The van der Waals surface area contributed by atoms with Gasteiger partial charge < -0.3 is 14.8 Å². The fourth-order valence-corrected chi connectivity index (χ4v) is 2.76. The molecule has 0 saturated heterocycles. The molecule has 0 spiro atoms. The highest BCUT2D eigenvalue weighted by Gasteiger charge is 2.41. The zero-order chi connectivity index (χ0) is 20.5. The van der Waals surface area contributed by atoms with Crippen molar-refractivity contribution in [2.45, 2.75) is 58.8 Å². The summed E-state index contributed by atoms with van der Waals surface area (Å²) in [5.74, 6) is -3.20. The van der Waals surface area contributed by atoms with Crippen molar-refractivity contribution >= 4 is 40.5 Å². The van der Waals surface area contributed by atoms with Gasteiger partial charge in [0, 0.05) is 10.7 Å². The lowest BCUT2D eigenvalue weighted by Gasteiger charge is -2.32. The minimum absolute atomic E-state index is 0.101. The Labute approximate surface area is 157 Å². The van der Waals surface area contributed by atoms with E-state index in [2.05, 4.69) is 10.1 Å². The average molecular weight is 389 g/mol. The molecule has 0 rings (SSSR count). The van der Waals surface area contributed by atoms with Crippen LogP contribution in [0.2, 0.25) is 0 Å². The van der Waals surface area contributed by atoms with Crippen LogP contribution in [0, 0.1) is 5.92 Å². The van der Waals surface area contributed by atoms with Crippen LogP contribution in [0.25, 0.3) is 0 Å². The van der Waals surface area contributed by atoms with E-state index in [9.17, 15) is 24.0 Å². The summed E-state index contributed by atoms with van der Waals surface area (Å²) in [4.78, 5) is 59.6. The number of ketones is 1. The van der Waals surface area contributed by atoms with Crippen LogP contribution < -0.4 is 5.32 Å². The average Bonchev–Trinajstić information content (AvgIpc) is 2.51. The van der Waals surface area contributed by atoms with E-state index in [-0.39, 0.29) is 25.0 Å². The summed E-state index contributed by atoms with van der Waals surface area (Å²) in [7, 11) is 0. The lowest BCUT2D eigenvalue weighted by atomic mass is 10.0. The molecule has 8 nitrogen and oxygen atoms in total. The van der Waals surface area contributed by atoms with E-state index in [1.165, 1.54) is 13.8 Å². The van der Waals surface area contributed by atoms with Gasteiger partial charge in [-0.1, -0.05) is 25.6 Å². The van der Waals surface area contributed by atoms with Crippen molar-refractivity contribution in [1.29, 1.82) is 0 Å². The van der Waals surface area contributed by atoms with Gasteiger partial charge in [-0.05, 0) is 27.7 Å². The van der Waals surface area contributed by atoms with Crippen molar-refractivity contribution in [2.75, 3.05) is 13.2 Å². The minimum Gasteiger partial charge on any atom is -0.466 e. The number of amides is 1. The lowest BCUT2D eigenvalue weighted by molar-refractivity contribution is -0.149. The maximum Gasteiger partial charge on any atom is 0.330 e. The summed E-state index contributed by atoms with van der Waals surface area (Å²) in [5, 5.41) is 1.66. The van der Waals surface area contributed by atoms with Crippen LogP contribution in [-0.4, -0.2) is 52.7 Å². The van der Waals surface area contributed by atoms with Gasteiger partial charge in [0.05, 0.1) is 13.2 Å². The molecular weight excluding hydrogens is 362 g/mol. The largest absolute Gasteiger partial charge is 0.466 e. The van der Waals surface area contributed by atoms with E-state index < -0.39 is 40.0 Å². The Morgan fingerprint density at radius 2 is 1.54 bits per heavy atom. The van der Waals surface area contributed by atoms with Gasteiger partial charge in [0.25, 0.3) is 5.12 Å². The number of rotatable bonds is 10. The van der Waals surface area contributed by atoms with Gasteiger partial charge in [0.1, 0.15) is 12.5 Å². The Hall–Kier alpha value is -1.90. The van der Waals surface area contributed by atoms with Crippen molar-refractivity contribution < 1.29 is 33.4 Å². The molecular formula is C17H27NO7S. The van der Waals surface area contributed by atoms with E-state index in [4.69, 9.17) is 4.74 Å². The molecule has 0 bridgehead atoms. The van der Waals surface area contributed by atoms with Crippen LogP contribution in [0.15, 0.2) is 0 Å². The second-order valence-electron chi connectivity index (χ2n) is 6.25. The van der Waals surface area contributed by atoms with Crippen LogP contribution in [-0.2, 0) is 33.4 Å². The third kappa shape index (κ3) is 7.99. The highest BCUT2D eigenvalue weighted by Crippen LogP contribution is 2.30. The molecule has 0 heterocycles. The van der Waals surface area contributed by atoms with Gasteiger partial charge in [-0.25, -0.2) is 4.79 Å². The Bertz CT molecular complexity index is 557. The van der Waals surface area contributed by atoms with E-state index in [0.29, 0.717) is 11.8 Å². The van der Waals surface area contributed by atoms with Crippen molar-refractivity contribution in [3.05, 3.63) is 0 Å². The molecule has 0 aliphatic carbocycles. The van der Waals surface area contributed by atoms with Gasteiger partial charge in [-0.15, -0.1) is 0 Å². The smallest absolute Gasteiger partial charge is 0.330 e. The Morgan fingerprint density at radius 3 is 2.00 bits per heavy atom. The summed E-state index contributed by atoms with van der Waals surface area (Å²) < 4.78 is 8.44. The van der Waals surface area contributed by atoms with Gasteiger partial charge in [-0.2, -0.15) is 0 Å². The van der Waals surface area contributed by atoms with Gasteiger partial charge in [0.2, 0.25) is 11.7 Å². The van der Waals surface area contributed by atoms with Gasteiger partial charge >= 0.3 is 11.9 Å². The molecule has 0 aliphatic rings. The molecule has 0 aliphatic heterocycles. The standard InChI is InChI=1S/C17H27NO7S/c1-7-24-12(20)9-11(19)16(23)26-17(5,6)13(15(22)25-8-2)18-14(21)10(3)4/h10,13H,7-9H2,1-6H3,(H,18,21). The van der Waals surface area contributed by atoms with Crippen LogP contribution in [0.4, 0.5) is 0 Å².